The molecule has 0 saturated carbocycles. The van der Waals surface area contributed by atoms with Gasteiger partial charge in [-0.25, -0.2) is 4.39 Å². The van der Waals surface area contributed by atoms with Crippen LogP contribution in [0.25, 0.3) is 0 Å². The van der Waals surface area contributed by atoms with Gasteiger partial charge in [0.2, 0.25) is 0 Å². The first-order chi connectivity index (χ1) is 9.31. The predicted molar refractivity (Wildman–Crippen MR) is 72.9 cm³/mol. The summed E-state index contributed by atoms with van der Waals surface area (Å²) in [5.41, 5.74) is 0.900. The Labute approximate surface area is 113 Å². The second-order valence-corrected chi connectivity index (χ2v) is 5.69. The largest absolute Gasteiger partial charge is 0.377 e. The highest BCUT2D eigenvalue weighted by molar-refractivity contribution is 5.20. The van der Waals surface area contributed by atoms with Crippen LogP contribution < -0.4 is 10.6 Å². The van der Waals surface area contributed by atoms with Gasteiger partial charge in [0, 0.05) is 12.1 Å². The Bertz CT molecular complexity index is 402. The van der Waals surface area contributed by atoms with Crippen LogP contribution in [-0.2, 0) is 4.74 Å². The monoisotopic (exact) mass is 264 g/mol. The van der Waals surface area contributed by atoms with Crippen molar-refractivity contribution in [3.05, 3.63) is 35.9 Å². The van der Waals surface area contributed by atoms with Crippen molar-refractivity contribution in [2.45, 2.75) is 30.5 Å². The van der Waals surface area contributed by atoms with Crippen molar-refractivity contribution in [3.63, 3.8) is 0 Å². The summed E-state index contributed by atoms with van der Waals surface area (Å²) in [6.45, 7) is 1.64. The number of halogens is 1. The fraction of sp³-hybridized carbons (Fsp3) is 0.600. The molecule has 0 spiro atoms. The molecule has 1 aromatic carbocycles. The normalized spacial score (nSPS) is 29.7. The molecule has 2 aliphatic heterocycles. The zero-order valence-electron chi connectivity index (χ0n) is 11.1. The van der Waals surface area contributed by atoms with E-state index in [4.69, 9.17) is 4.74 Å². The first-order valence-electron chi connectivity index (χ1n) is 7.01. The number of alkyl halides is 1. The second kappa shape index (κ2) is 5.57. The van der Waals surface area contributed by atoms with Crippen molar-refractivity contribution >= 4 is 0 Å². The standard InChI is InChI=1S/C15H21FN2O/c16-9-15(10-19-11-15)18-13-6-7-17-14(8-13)12-4-2-1-3-5-12/h1-5,13-14,17-18H,6-11H2. The Morgan fingerprint density at radius 1 is 1.32 bits per heavy atom. The Kier molecular flexibility index (Phi) is 3.82. The van der Waals surface area contributed by atoms with Gasteiger partial charge in [-0.15, -0.1) is 0 Å². The maximum Gasteiger partial charge on any atom is 0.112 e. The van der Waals surface area contributed by atoms with Crippen LogP contribution in [-0.4, -0.2) is 38.0 Å². The van der Waals surface area contributed by atoms with E-state index in [2.05, 4.69) is 34.9 Å². The lowest BCUT2D eigenvalue weighted by Gasteiger charge is -2.44. The van der Waals surface area contributed by atoms with Gasteiger partial charge in [0.25, 0.3) is 0 Å². The van der Waals surface area contributed by atoms with Gasteiger partial charge in [-0.3, -0.25) is 0 Å². The van der Waals surface area contributed by atoms with E-state index in [9.17, 15) is 4.39 Å². The van der Waals surface area contributed by atoms with Crippen LogP contribution in [0.5, 0.6) is 0 Å². The van der Waals surface area contributed by atoms with Gasteiger partial charge in [-0.05, 0) is 24.9 Å². The molecule has 2 heterocycles. The summed E-state index contributed by atoms with van der Waals surface area (Å²) in [5.74, 6) is 0. The topological polar surface area (TPSA) is 33.3 Å². The van der Waals surface area contributed by atoms with Crippen LogP contribution >= 0.6 is 0 Å². The van der Waals surface area contributed by atoms with E-state index < -0.39 is 5.54 Å². The Morgan fingerprint density at radius 2 is 2.11 bits per heavy atom. The second-order valence-electron chi connectivity index (χ2n) is 5.69. The molecule has 2 aliphatic rings. The van der Waals surface area contributed by atoms with E-state index in [0.717, 1.165) is 19.4 Å². The van der Waals surface area contributed by atoms with Crippen molar-refractivity contribution in [2.75, 3.05) is 26.4 Å². The van der Waals surface area contributed by atoms with Gasteiger partial charge in [0.1, 0.15) is 6.67 Å². The Balaban J connectivity index is 1.62. The maximum absolute atomic E-state index is 13.1. The van der Waals surface area contributed by atoms with Gasteiger partial charge >= 0.3 is 0 Å². The van der Waals surface area contributed by atoms with Crippen molar-refractivity contribution in [3.8, 4) is 0 Å². The predicted octanol–water partition coefficient (Wildman–Crippen LogP) is 1.81. The van der Waals surface area contributed by atoms with Gasteiger partial charge in [-0.1, -0.05) is 30.3 Å². The average Bonchev–Trinajstić information content (AvgIpc) is 2.44. The van der Waals surface area contributed by atoms with E-state index in [1.54, 1.807) is 0 Å². The summed E-state index contributed by atoms with van der Waals surface area (Å²) in [6, 6.07) is 11.2. The molecule has 3 rings (SSSR count). The van der Waals surface area contributed by atoms with E-state index >= 15 is 0 Å². The minimum Gasteiger partial charge on any atom is -0.377 e. The fourth-order valence-corrected chi connectivity index (χ4v) is 2.97. The molecule has 0 radical (unpaired) electrons. The van der Waals surface area contributed by atoms with Crippen LogP contribution in [0, 0.1) is 0 Å². The number of ether oxygens (including phenoxy) is 1. The van der Waals surface area contributed by atoms with Gasteiger partial charge in [0.15, 0.2) is 0 Å². The SMILES string of the molecule is FCC1(NC2CCNC(c3ccccc3)C2)COC1. The molecule has 19 heavy (non-hydrogen) atoms. The fourth-order valence-electron chi connectivity index (χ4n) is 2.97. The highest BCUT2D eigenvalue weighted by Gasteiger charge is 2.41. The zero-order chi connectivity index (χ0) is 13.1. The summed E-state index contributed by atoms with van der Waals surface area (Å²) in [4.78, 5) is 0. The number of nitrogens with one attached hydrogen (secondary N) is 2. The zero-order valence-corrected chi connectivity index (χ0v) is 11.1. The van der Waals surface area contributed by atoms with E-state index in [1.165, 1.54) is 5.56 Å². The van der Waals surface area contributed by atoms with Crippen LogP contribution in [0.2, 0.25) is 0 Å². The van der Waals surface area contributed by atoms with Crippen LogP contribution in [0.1, 0.15) is 24.4 Å². The highest BCUT2D eigenvalue weighted by atomic mass is 19.1. The van der Waals surface area contributed by atoms with Crippen molar-refractivity contribution in [1.29, 1.82) is 0 Å². The van der Waals surface area contributed by atoms with E-state index in [-0.39, 0.29) is 6.67 Å². The quantitative estimate of drug-likeness (QED) is 0.870. The number of rotatable bonds is 4. The molecule has 2 unspecified atom stereocenters. The maximum atomic E-state index is 13.1. The van der Waals surface area contributed by atoms with E-state index in [0.29, 0.717) is 25.3 Å². The summed E-state index contributed by atoms with van der Waals surface area (Å²) in [7, 11) is 0. The van der Waals surface area contributed by atoms with Gasteiger partial charge < -0.3 is 15.4 Å². The third-order valence-corrected chi connectivity index (χ3v) is 4.13. The smallest absolute Gasteiger partial charge is 0.112 e. The molecule has 3 nitrogen and oxygen atoms in total. The molecule has 104 valence electrons. The van der Waals surface area contributed by atoms with Crippen molar-refractivity contribution < 1.29 is 9.13 Å². The van der Waals surface area contributed by atoms with Gasteiger partial charge in [0.05, 0.1) is 18.8 Å². The van der Waals surface area contributed by atoms with Crippen LogP contribution in [0.3, 0.4) is 0 Å². The Morgan fingerprint density at radius 3 is 2.74 bits per heavy atom. The lowest BCUT2D eigenvalue weighted by atomic mass is 9.90. The lowest BCUT2D eigenvalue weighted by molar-refractivity contribution is -0.0912. The average molecular weight is 264 g/mol. The lowest BCUT2D eigenvalue weighted by Crippen LogP contribution is -2.65. The molecule has 4 heteroatoms. The molecule has 0 amide bonds. The molecule has 0 aliphatic carbocycles. The molecule has 0 bridgehead atoms. The van der Waals surface area contributed by atoms with Gasteiger partial charge in [-0.2, -0.15) is 0 Å². The van der Waals surface area contributed by atoms with Crippen LogP contribution in [0.4, 0.5) is 4.39 Å². The molecule has 0 aromatic heterocycles. The third kappa shape index (κ3) is 2.81. The number of benzene rings is 1. The summed E-state index contributed by atoms with van der Waals surface area (Å²) < 4.78 is 18.3. The highest BCUT2D eigenvalue weighted by Crippen LogP contribution is 2.26. The summed E-state index contributed by atoms with van der Waals surface area (Å²) in [5, 5.41) is 7.02. The molecular weight excluding hydrogens is 243 g/mol. The molecular formula is C15H21FN2O. The molecule has 2 atom stereocenters. The molecule has 2 saturated heterocycles. The minimum absolute atomic E-state index is 0.340. The molecule has 2 N–H and O–H groups in total. The summed E-state index contributed by atoms with van der Waals surface area (Å²) in [6.07, 6.45) is 2.05. The van der Waals surface area contributed by atoms with Crippen molar-refractivity contribution in [2.24, 2.45) is 0 Å². The number of piperidine rings is 1. The number of hydrogen-bond donors (Lipinski definition) is 2. The molecule has 2 fully saturated rings. The minimum atomic E-state index is -0.413. The first-order valence-corrected chi connectivity index (χ1v) is 7.01. The Hall–Kier alpha value is -0.970. The molecule has 1 aromatic rings. The number of hydrogen-bond acceptors (Lipinski definition) is 3. The van der Waals surface area contributed by atoms with Crippen molar-refractivity contribution in [1.82, 2.24) is 10.6 Å². The third-order valence-electron chi connectivity index (χ3n) is 4.13. The summed E-state index contributed by atoms with van der Waals surface area (Å²) >= 11 is 0. The first kappa shape index (κ1) is 13.0. The van der Waals surface area contributed by atoms with Crippen LogP contribution in [0.15, 0.2) is 30.3 Å². The van der Waals surface area contributed by atoms with E-state index in [1.807, 2.05) is 6.07 Å².